The highest BCUT2D eigenvalue weighted by atomic mass is 16.5. The van der Waals surface area contributed by atoms with Crippen molar-refractivity contribution in [2.24, 2.45) is 5.84 Å². The maximum absolute atomic E-state index is 11.1. The van der Waals surface area contributed by atoms with Crippen molar-refractivity contribution >= 4 is 5.91 Å². The third-order valence-corrected chi connectivity index (χ3v) is 1.87. The molecule has 0 unspecified atom stereocenters. The highest BCUT2D eigenvalue weighted by Gasteiger charge is 2.12. The van der Waals surface area contributed by atoms with Crippen molar-refractivity contribution in [3.63, 3.8) is 0 Å². The molecule has 0 aromatic heterocycles. The van der Waals surface area contributed by atoms with Crippen molar-refractivity contribution in [1.29, 1.82) is 0 Å². The van der Waals surface area contributed by atoms with Gasteiger partial charge in [-0.1, -0.05) is 6.07 Å². The molecule has 3 N–H and O–H groups in total. The molecule has 0 radical (unpaired) electrons. The number of nitrogens with two attached hydrogens (primary N) is 1. The molecule has 1 amide bonds. The van der Waals surface area contributed by atoms with E-state index >= 15 is 0 Å². The van der Waals surface area contributed by atoms with Crippen molar-refractivity contribution in [2.45, 2.75) is 13.0 Å². The van der Waals surface area contributed by atoms with Gasteiger partial charge in [0.15, 0.2) is 6.10 Å². The molecular weight excluding hydrogens is 196 g/mol. The van der Waals surface area contributed by atoms with E-state index in [4.69, 9.17) is 15.3 Å². The van der Waals surface area contributed by atoms with E-state index in [2.05, 4.69) is 0 Å². The molecule has 0 bridgehead atoms. The van der Waals surface area contributed by atoms with Crippen molar-refractivity contribution in [1.82, 2.24) is 5.43 Å². The lowest BCUT2D eigenvalue weighted by Crippen LogP contribution is -2.40. The Hall–Kier alpha value is -1.75. The fraction of sp³-hybridized carbons (Fsp3) is 0.300. The lowest BCUT2D eigenvalue weighted by atomic mass is 10.3. The third kappa shape index (κ3) is 3.14. The number of carbonyl (C=O) groups excluding carboxylic acids is 1. The van der Waals surface area contributed by atoms with Crippen LogP contribution in [0.5, 0.6) is 11.5 Å². The minimum atomic E-state index is -0.637. The molecule has 5 nitrogen and oxygen atoms in total. The first-order chi connectivity index (χ1) is 7.17. The summed E-state index contributed by atoms with van der Waals surface area (Å²) in [6, 6.07) is 7.00. The van der Waals surface area contributed by atoms with E-state index in [0.29, 0.717) is 11.5 Å². The first-order valence-corrected chi connectivity index (χ1v) is 4.48. The quantitative estimate of drug-likeness (QED) is 0.430. The second kappa shape index (κ2) is 5.21. The summed E-state index contributed by atoms with van der Waals surface area (Å²) in [6.45, 7) is 1.61. The minimum absolute atomic E-state index is 0.377. The fourth-order valence-corrected chi connectivity index (χ4v) is 1.05. The molecule has 0 aliphatic rings. The van der Waals surface area contributed by atoms with Crippen LogP contribution in [0.25, 0.3) is 0 Å². The summed E-state index contributed by atoms with van der Waals surface area (Å²) in [4.78, 5) is 11.1. The second-order valence-electron chi connectivity index (χ2n) is 2.95. The monoisotopic (exact) mass is 210 g/mol. The van der Waals surface area contributed by atoms with E-state index in [1.54, 1.807) is 38.3 Å². The molecule has 1 rings (SSSR count). The fourth-order valence-electron chi connectivity index (χ4n) is 1.05. The minimum Gasteiger partial charge on any atom is -0.497 e. The zero-order valence-electron chi connectivity index (χ0n) is 8.69. The van der Waals surface area contributed by atoms with Gasteiger partial charge in [-0.05, 0) is 19.1 Å². The van der Waals surface area contributed by atoms with Crippen LogP contribution < -0.4 is 20.7 Å². The molecule has 82 valence electrons. The summed E-state index contributed by atoms with van der Waals surface area (Å²) in [6.07, 6.45) is -0.637. The van der Waals surface area contributed by atoms with Crippen molar-refractivity contribution in [3.05, 3.63) is 24.3 Å². The topological polar surface area (TPSA) is 73.6 Å². The van der Waals surface area contributed by atoms with Gasteiger partial charge < -0.3 is 9.47 Å². The van der Waals surface area contributed by atoms with E-state index in [0.717, 1.165) is 0 Å². The number of nitrogens with one attached hydrogen (secondary N) is 1. The summed E-state index contributed by atoms with van der Waals surface area (Å²) in [7, 11) is 1.56. The zero-order valence-corrected chi connectivity index (χ0v) is 8.69. The van der Waals surface area contributed by atoms with Crippen molar-refractivity contribution < 1.29 is 14.3 Å². The lowest BCUT2D eigenvalue weighted by Gasteiger charge is -2.13. The molecule has 15 heavy (non-hydrogen) atoms. The second-order valence-corrected chi connectivity index (χ2v) is 2.95. The molecule has 5 heteroatoms. The average molecular weight is 210 g/mol. The Kier molecular flexibility index (Phi) is 3.93. The molecule has 0 aliphatic heterocycles. The van der Waals surface area contributed by atoms with Crippen LogP contribution in [0.1, 0.15) is 6.92 Å². The van der Waals surface area contributed by atoms with Crippen LogP contribution in [0.15, 0.2) is 24.3 Å². The van der Waals surface area contributed by atoms with Gasteiger partial charge in [-0.3, -0.25) is 10.2 Å². The van der Waals surface area contributed by atoms with Crippen LogP contribution in [0.2, 0.25) is 0 Å². The van der Waals surface area contributed by atoms with Crippen LogP contribution in [0.4, 0.5) is 0 Å². The summed E-state index contributed by atoms with van der Waals surface area (Å²) in [5.41, 5.74) is 2.02. The first-order valence-electron chi connectivity index (χ1n) is 4.48. The number of amides is 1. The average Bonchev–Trinajstić information content (AvgIpc) is 2.28. The maximum atomic E-state index is 11.1. The van der Waals surface area contributed by atoms with E-state index in [1.807, 2.05) is 5.43 Å². The molecular formula is C10H14N2O3. The molecule has 0 saturated carbocycles. The number of hydrazine groups is 1. The molecule has 0 spiro atoms. The van der Waals surface area contributed by atoms with E-state index in [-0.39, 0.29) is 5.91 Å². The number of benzene rings is 1. The highest BCUT2D eigenvalue weighted by molar-refractivity contribution is 5.80. The van der Waals surface area contributed by atoms with Gasteiger partial charge in [0.2, 0.25) is 0 Å². The molecule has 1 aromatic carbocycles. The number of rotatable bonds is 4. The number of ether oxygens (including phenoxy) is 2. The van der Waals surface area contributed by atoms with Gasteiger partial charge in [-0.15, -0.1) is 0 Å². The SMILES string of the molecule is COc1cccc(O[C@H](C)C(=O)NN)c1. The van der Waals surface area contributed by atoms with Gasteiger partial charge in [-0.2, -0.15) is 0 Å². The van der Waals surface area contributed by atoms with Crippen LogP contribution >= 0.6 is 0 Å². The van der Waals surface area contributed by atoms with Gasteiger partial charge in [0.05, 0.1) is 7.11 Å². The molecule has 0 fully saturated rings. The number of hydrogen-bond acceptors (Lipinski definition) is 4. The van der Waals surface area contributed by atoms with Gasteiger partial charge >= 0.3 is 0 Å². The first kappa shape index (κ1) is 11.3. The Morgan fingerprint density at radius 3 is 2.73 bits per heavy atom. The number of carbonyl (C=O) groups is 1. The standard InChI is InChI=1S/C10H14N2O3/c1-7(10(13)12-11)15-9-5-3-4-8(6-9)14-2/h3-7H,11H2,1-2H3,(H,12,13)/t7-/m1/s1. The summed E-state index contributed by atoms with van der Waals surface area (Å²) < 4.78 is 10.4. The Morgan fingerprint density at radius 1 is 1.47 bits per heavy atom. The Bertz CT molecular complexity index is 341. The van der Waals surface area contributed by atoms with Gasteiger partial charge in [0.1, 0.15) is 11.5 Å². The zero-order chi connectivity index (χ0) is 11.3. The Balaban J connectivity index is 2.67. The normalized spacial score (nSPS) is 11.7. The van der Waals surface area contributed by atoms with Gasteiger partial charge in [-0.25, -0.2) is 5.84 Å². The Labute approximate surface area is 88.1 Å². The largest absolute Gasteiger partial charge is 0.497 e. The summed E-state index contributed by atoms with van der Waals surface area (Å²) in [5.74, 6) is 5.84. The summed E-state index contributed by atoms with van der Waals surface area (Å²) >= 11 is 0. The van der Waals surface area contributed by atoms with Crippen LogP contribution in [-0.4, -0.2) is 19.1 Å². The molecule has 1 aromatic rings. The molecule has 0 aliphatic carbocycles. The van der Waals surface area contributed by atoms with Gasteiger partial charge in [0.25, 0.3) is 5.91 Å². The van der Waals surface area contributed by atoms with Crippen LogP contribution in [0.3, 0.4) is 0 Å². The Morgan fingerprint density at radius 2 is 2.13 bits per heavy atom. The lowest BCUT2D eigenvalue weighted by molar-refractivity contribution is -0.127. The highest BCUT2D eigenvalue weighted by Crippen LogP contribution is 2.19. The van der Waals surface area contributed by atoms with E-state index < -0.39 is 6.10 Å². The molecule has 0 saturated heterocycles. The number of hydrogen-bond donors (Lipinski definition) is 2. The molecule has 0 heterocycles. The van der Waals surface area contributed by atoms with Crippen molar-refractivity contribution in [2.75, 3.05) is 7.11 Å². The van der Waals surface area contributed by atoms with Crippen molar-refractivity contribution in [3.8, 4) is 11.5 Å². The smallest absolute Gasteiger partial charge is 0.274 e. The van der Waals surface area contributed by atoms with Crippen LogP contribution in [0, 0.1) is 0 Å². The summed E-state index contributed by atoms with van der Waals surface area (Å²) in [5, 5.41) is 0. The van der Waals surface area contributed by atoms with E-state index in [9.17, 15) is 4.79 Å². The molecule has 1 atom stereocenters. The predicted octanol–water partition coefficient (Wildman–Crippen LogP) is 0.452. The van der Waals surface area contributed by atoms with Crippen LogP contribution in [-0.2, 0) is 4.79 Å². The maximum Gasteiger partial charge on any atom is 0.274 e. The third-order valence-electron chi connectivity index (χ3n) is 1.87. The number of methoxy groups -OCH3 is 1. The predicted molar refractivity (Wildman–Crippen MR) is 55.4 cm³/mol. The van der Waals surface area contributed by atoms with Gasteiger partial charge in [0, 0.05) is 6.07 Å². The van der Waals surface area contributed by atoms with E-state index in [1.165, 1.54) is 0 Å².